The molecule has 1 aliphatic carbocycles. The molecule has 4 nitrogen and oxygen atoms in total. The molecule has 0 aliphatic heterocycles. The molecule has 1 unspecified atom stereocenters. The molecule has 0 radical (unpaired) electrons. The summed E-state index contributed by atoms with van der Waals surface area (Å²) in [5.41, 5.74) is 3.16. The van der Waals surface area contributed by atoms with Crippen LogP contribution >= 0.6 is 0 Å². The van der Waals surface area contributed by atoms with Crippen LogP contribution in [0.4, 0.5) is 0 Å². The monoisotopic (exact) mass is 337 g/mol. The number of rotatable bonds is 5. The van der Waals surface area contributed by atoms with Gasteiger partial charge in [-0.3, -0.25) is 9.78 Å². The molecular formula is C21H23NO3. The summed E-state index contributed by atoms with van der Waals surface area (Å²) >= 11 is 0. The van der Waals surface area contributed by atoms with Gasteiger partial charge < -0.3 is 9.53 Å². The Balaban J connectivity index is 1.93. The van der Waals surface area contributed by atoms with Crippen molar-refractivity contribution in [3.63, 3.8) is 0 Å². The third-order valence-electron chi connectivity index (χ3n) is 4.16. The van der Waals surface area contributed by atoms with Gasteiger partial charge in [-0.25, -0.2) is 0 Å². The maximum absolute atomic E-state index is 12.4. The van der Waals surface area contributed by atoms with Crippen LogP contribution in [0.25, 0.3) is 11.1 Å². The van der Waals surface area contributed by atoms with Gasteiger partial charge in [0.2, 0.25) is 0 Å². The fourth-order valence-electron chi connectivity index (χ4n) is 2.88. The van der Waals surface area contributed by atoms with Crippen LogP contribution in [0.3, 0.4) is 0 Å². The molecule has 1 heterocycles. The van der Waals surface area contributed by atoms with Crippen molar-refractivity contribution < 1.29 is 14.3 Å². The summed E-state index contributed by atoms with van der Waals surface area (Å²) in [6, 6.07) is 11.5. The van der Waals surface area contributed by atoms with Gasteiger partial charge in [-0.1, -0.05) is 24.3 Å². The van der Waals surface area contributed by atoms with Gasteiger partial charge in [-0.15, -0.1) is 0 Å². The lowest BCUT2D eigenvalue weighted by Gasteiger charge is -2.22. The van der Waals surface area contributed by atoms with Gasteiger partial charge in [0.15, 0.2) is 0 Å². The highest BCUT2D eigenvalue weighted by Gasteiger charge is 2.29. The predicted molar refractivity (Wildman–Crippen MR) is 96.3 cm³/mol. The third kappa shape index (κ3) is 4.13. The standard InChI is InChI=1S/C21H23NO3/c1-21(2,3)25-20(24)18(13-23)16-7-4-6-15(12-16)17-8-5-11-22-19(17)14-9-10-14/h4-8,11-14,18H,9-10H2,1-3H3. The normalized spacial score (nSPS) is 15.5. The summed E-state index contributed by atoms with van der Waals surface area (Å²) in [6.45, 7) is 5.38. The summed E-state index contributed by atoms with van der Waals surface area (Å²) in [4.78, 5) is 28.4. The van der Waals surface area contributed by atoms with E-state index < -0.39 is 17.5 Å². The Bertz CT molecular complexity index is 788. The van der Waals surface area contributed by atoms with Gasteiger partial charge in [-0.2, -0.15) is 0 Å². The summed E-state index contributed by atoms with van der Waals surface area (Å²) in [7, 11) is 0. The van der Waals surface area contributed by atoms with Crippen molar-refractivity contribution in [1.29, 1.82) is 0 Å². The van der Waals surface area contributed by atoms with Crippen LogP contribution in [0.1, 0.15) is 56.7 Å². The van der Waals surface area contributed by atoms with Crippen molar-refractivity contribution >= 4 is 12.3 Å². The number of carbonyl (C=O) groups excluding carboxylic acids is 2. The van der Waals surface area contributed by atoms with Crippen LogP contribution in [-0.4, -0.2) is 22.8 Å². The maximum Gasteiger partial charge on any atom is 0.321 e. The first-order chi connectivity index (χ1) is 11.9. The van der Waals surface area contributed by atoms with Gasteiger partial charge in [0, 0.05) is 17.7 Å². The van der Waals surface area contributed by atoms with Crippen molar-refractivity contribution in [1.82, 2.24) is 4.98 Å². The Morgan fingerprint density at radius 2 is 2.00 bits per heavy atom. The number of hydrogen-bond acceptors (Lipinski definition) is 4. The number of aromatic nitrogens is 1. The summed E-state index contributed by atoms with van der Waals surface area (Å²) in [5.74, 6) is -0.916. The predicted octanol–water partition coefficient (Wildman–Crippen LogP) is 4.25. The van der Waals surface area contributed by atoms with Crippen LogP contribution in [0, 0.1) is 0 Å². The van der Waals surface area contributed by atoms with E-state index in [9.17, 15) is 9.59 Å². The SMILES string of the molecule is CC(C)(C)OC(=O)C(C=O)c1cccc(-c2cccnc2C2CC2)c1. The maximum atomic E-state index is 12.4. The average molecular weight is 337 g/mol. The highest BCUT2D eigenvalue weighted by atomic mass is 16.6. The summed E-state index contributed by atoms with van der Waals surface area (Å²) in [6.07, 6.45) is 4.80. The van der Waals surface area contributed by atoms with E-state index in [4.69, 9.17) is 4.74 Å². The molecule has 0 bridgehead atoms. The molecule has 1 atom stereocenters. The molecule has 2 aromatic rings. The highest BCUT2D eigenvalue weighted by molar-refractivity contribution is 5.94. The summed E-state index contributed by atoms with van der Waals surface area (Å²) < 4.78 is 5.38. The quantitative estimate of drug-likeness (QED) is 0.465. The van der Waals surface area contributed by atoms with Crippen LogP contribution < -0.4 is 0 Å². The molecular weight excluding hydrogens is 314 g/mol. The second-order valence-corrected chi connectivity index (χ2v) is 7.48. The van der Waals surface area contributed by atoms with Gasteiger partial charge in [0.05, 0.1) is 5.69 Å². The average Bonchev–Trinajstić information content (AvgIpc) is 3.39. The zero-order valence-corrected chi connectivity index (χ0v) is 14.9. The van der Waals surface area contributed by atoms with Gasteiger partial charge in [0.25, 0.3) is 0 Å². The Morgan fingerprint density at radius 3 is 2.64 bits per heavy atom. The number of aldehydes is 1. The second-order valence-electron chi connectivity index (χ2n) is 7.48. The lowest BCUT2D eigenvalue weighted by atomic mass is 9.94. The van der Waals surface area contributed by atoms with Crippen molar-refractivity contribution in [2.24, 2.45) is 0 Å². The molecule has 1 aromatic heterocycles. The molecule has 0 amide bonds. The van der Waals surface area contributed by atoms with Crippen molar-refractivity contribution in [2.75, 3.05) is 0 Å². The Morgan fingerprint density at radius 1 is 1.24 bits per heavy atom. The zero-order valence-electron chi connectivity index (χ0n) is 14.9. The minimum Gasteiger partial charge on any atom is -0.459 e. The number of nitrogens with zero attached hydrogens (tertiary/aromatic N) is 1. The van der Waals surface area contributed by atoms with E-state index in [2.05, 4.69) is 4.98 Å². The number of ether oxygens (including phenoxy) is 1. The Kier molecular flexibility index (Phi) is 4.71. The van der Waals surface area contributed by atoms with E-state index in [0.717, 1.165) is 16.8 Å². The minimum atomic E-state index is -0.916. The number of esters is 1. The fourth-order valence-corrected chi connectivity index (χ4v) is 2.88. The molecule has 1 aliphatic rings. The Labute approximate surface area is 148 Å². The van der Waals surface area contributed by atoms with E-state index in [1.807, 2.05) is 36.5 Å². The zero-order chi connectivity index (χ0) is 18.0. The van der Waals surface area contributed by atoms with E-state index in [1.165, 1.54) is 12.8 Å². The van der Waals surface area contributed by atoms with Crippen LogP contribution in [0.5, 0.6) is 0 Å². The lowest BCUT2D eigenvalue weighted by Crippen LogP contribution is -2.28. The number of carbonyl (C=O) groups is 2. The van der Waals surface area contributed by atoms with Crippen molar-refractivity contribution in [3.8, 4) is 11.1 Å². The lowest BCUT2D eigenvalue weighted by molar-refractivity contribution is -0.157. The molecule has 130 valence electrons. The van der Waals surface area contributed by atoms with Crippen molar-refractivity contribution in [3.05, 3.63) is 53.9 Å². The minimum absolute atomic E-state index is 0.520. The van der Waals surface area contributed by atoms with Gasteiger partial charge >= 0.3 is 5.97 Å². The fraction of sp³-hybridized carbons (Fsp3) is 0.381. The molecule has 1 aromatic carbocycles. The largest absolute Gasteiger partial charge is 0.459 e. The van der Waals surface area contributed by atoms with E-state index in [0.29, 0.717) is 17.8 Å². The summed E-state index contributed by atoms with van der Waals surface area (Å²) in [5, 5.41) is 0. The van der Waals surface area contributed by atoms with Crippen molar-refractivity contribution in [2.45, 2.75) is 51.0 Å². The van der Waals surface area contributed by atoms with Crippen LogP contribution in [-0.2, 0) is 14.3 Å². The Hall–Kier alpha value is -2.49. The second kappa shape index (κ2) is 6.79. The van der Waals surface area contributed by atoms with E-state index >= 15 is 0 Å². The van der Waals surface area contributed by atoms with Gasteiger partial charge in [-0.05, 0) is 56.9 Å². The molecule has 0 N–H and O–H groups in total. The number of benzene rings is 1. The first-order valence-corrected chi connectivity index (χ1v) is 8.62. The highest BCUT2D eigenvalue weighted by Crippen LogP contribution is 2.43. The first kappa shape index (κ1) is 17.3. The van der Waals surface area contributed by atoms with Gasteiger partial charge in [0.1, 0.15) is 17.8 Å². The molecule has 4 heteroatoms. The third-order valence-corrected chi connectivity index (χ3v) is 4.16. The molecule has 3 rings (SSSR count). The van der Waals surface area contributed by atoms with Crippen LogP contribution in [0.15, 0.2) is 42.6 Å². The molecule has 1 saturated carbocycles. The van der Waals surface area contributed by atoms with E-state index in [1.54, 1.807) is 26.8 Å². The topological polar surface area (TPSA) is 56.3 Å². The van der Waals surface area contributed by atoms with E-state index in [-0.39, 0.29) is 0 Å². The molecule has 0 spiro atoms. The number of hydrogen-bond donors (Lipinski definition) is 0. The molecule has 0 saturated heterocycles. The smallest absolute Gasteiger partial charge is 0.321 e. The molecule has 1 fully saturated rings. The van der Waals surface area contributed by atoms with Crippen LogP contribution in [0.2, 0.25) is 0 Å². The molecule has 25 heavy (non-hydrogen) atoms. The first-order valence-electron chi connectivity index (χ1n) is 8.62. The number of pyridine rings is 1.